The maximum Gasteiger partial charge on any atom is 0.159 e. The molecule has 0 radical (unpaired) electrons. The van der Waals surface area contributed by atoms with Crippen molar-refractivity contribution >= 4 is 5.78 Å². The van der Waals surface area contributed by atoms with E-state index in [1.165, 1.54) is 19.1 Å². The molecule has 0 spiro atoms. The molecule has 132 valence electrons. The number of hydrogen-bond acceptors (Lipinski definition) is 4. The van der Waals surface area contributed by atoms with Crippen LogP contribution in [0.4, 0.5) is 4.39 Å². The van der Waals surface area contributed by atoms with Crippen LogP contribution in [0, 0.1) is 5.82 Å². The Morgan fingerprint density at radius 1 is 1.20 bits per heavy atom. The third-order valence-corrected chi connectivity index (χ3v) is 4.72. The molecular formula is C20H21FO4. The van der Waals surface area contributed by atoms with Gasteiger partial charge in [0.05, 0.1) is 12.7 Å². The number of hydrogen-bond donors (Lipinski definition) is 0. The second-order valence-electron chi connectivity index (χ2n) is 6.21. The van der Waals surface area contributed by atoms with Crippen LogP contribution in [-0.2, 0) is 15.1 Å². The minimum Gasteiger partial charge on any atom is -0.457 e. The highest BCUT2D eigenvalue weighted by atomic mass is 19.1. The van der Waals surface area contributed by atoms with Gasteiger partial charge in [0.1, 0.15) is 22.9 Å². The van der Waals surface area contributed by atoms with E-state index >= 15 is 0 Å². The Balaban J connectivity index is 1.90. The van der Waals surface area contributed by atoms with Crippen LogP contribution in [0.2, 0.25) is 0 Å². The van der Waals surface area contributed by atoms with Crippen LogP contribution in [0.25, 0.3) is 0 Å². The van der Waals surface area contributed by atoms with Crippen molar-refractivity contribution in [3.8, 4) is 11.5 Å². The largest absolute Gasteiger partial charge is 0.457 e. The van der Waals surface area contributed by atoms with Gasteiger partial charge < -0.3 is 14.2 Å². The Hall–Kier alpha value is -2.24. The van der Waals surface area contributed by atoms with E-state index in [1.807, 2.05) is 6.92 Å². The molecule has 1 heterocycles. The fourth-order valence-electron chi connectivity index (χ4n) is 3.25. The maximum atomic E-state index is 14.2. The number of benzene rings is 2. The number of ketones is 1. The second kappa shape index (κ2) is 6.94. The lowest BCUT2D eigenvalue weighted by Gasteiger charge is -2.31. The molecule has 2 aromatic carbocycles. The molecule has 5 heteroatoms. The Kier molecular flexibility index (Phi) is 4.88. The Labute approximate surface area is 146 Å². The number of carbonyl (C=O) groups is 1. The number of carbonyl (C=O) groups excluding carboxylic acids is 1. The lowest BCUT2D eigenvalue weighted by Crippen LogP contribution is -2.35. The van der Waals surface area contributed by atoms with Gasteiger partial charge in [-0.05, 0) is 55.8 Å². The first-order chi connectivity index (χ1) is 11.9. The van der Waals surface area contributed by atoms with E-state index in [-0.39, 0.29) is 11.9 Å². The van der Waals surface area contributed by atoms with E-state index in [1.54, 1.807) is 37.4 Å². The zero-order chi connectivity index (χ0) is 18.0. The van der Waals surface area contributed by atoms with Gasteiger partial charge >= 0.3 is 0 Å². The summed E-state index contributed by atoms with van der Waals surface area (Å²) in [7, 11) is 1.61. The monoisotopic (exact) mass is 344 g/mol. The van der Waals surface area contributed by atoms with Crippen LogP contribution in [0.5, 0.6) is 11.5 Å². The van der Waals surface area contributed by atoms with Crippen LogP contribution < -0.4 is 4.74 Å². The Morgan fingerprint density at radius 2 is 1.92 bits per heavy atom. The molecule has 0 saturated carbocycles. The van der Waals surface area contributed by atoms with E-state index < -0.39 is 11.4 Å². The van der Waals surface area contributed by atoms with Crippen LogP contribution in [0.15, 0.2) is 42.5 Å². The highest BCUT2D eigenvalue weighted by molar-refractivity contribution is 5.94. The number of ether oxygens (including phenoxy) is 3. The Morgan fingerprint density at radius 3 is 2.48 bits per heavy atom. The van der Waals surface area contributed by atoms with Gasteiger partial charge in [-0.25, -0.2) is 4.39 Å². The number of methoxy groups -OCH3 is 1. The van der Waals surface area contributed by atoms with E-state index in [9.17, 15) is 9.18 Å². The van der Waals surface area contributed by atoms with Gasteiger partial charge in [-0.2, -0.15) is 0 Å². The number of halogens is 1. The number of rotatable bonds is 5. The van der Waals surface area contributed by atoms with Crippen LogP contribution in [0.1, 0.15) is 36.2 Å². The van der Waals surface area contributed by atoms with Crippen molar-refractivity contribution in [2.75, 3.05) is 13.7 Å². The molecule has 1 aliphatic rings. The smallest absolute Gasteiger partial charge is 0.159 e. The lowest BCUT2D eigenvalue weighted by molar-refractivity contribution is -0.0649. The molecule has 0 N–H and O–H groups in total. The standard InChI is InChI=1S/C20H21FO4/c1-13(22)15-4-6-18(7-5-15)25-19-11-16(10-17(21)12-19)20(23-3)8-9-24-14(20)2/h4-7,10-12,14H,8-9H2,1-3H3. The third kappa shape index (κ3) is 3.43. The number of Topliss-reactive ketones (excluding diaryl/α,β-unsaturated/α-hetero) is 1. The molecule has 0 aromatic heterocycles. The van der Waals surface area contributed by atoms with Gasteiger partial charge in [-0.1, -0.05) is 0 Å². The van der Waals surface area contributed by atoms with Gasteiger partial charge in [-0.15, -0.1) is 0 Å². The van der Waals surface area contributed by atoms with Crippen LogP contribution in [-0.4, -0.2) is 25.6 Å². The summed E-state index contributed by atoms with van der Waals surface area (Å²) in [5, 5.41) is 0. The maximum absolute atomic E-state index is 14.2. The first-order valence-corrected chi connectivity index (χ1v) is 8.21. The van der Waals surface area contributed by atoms with E-state index in [0.717, 1.165) is 0 Å². The summed E-state index contributed by atoms with van der Waals surface area (Å²) < 4.78 is 31.3. The fraction of sp³-hybridized carbons (Fsp3) is 0.350. The highest BCUT2D eigenvalue weighted by Crippen LogP contribution is 2.41. The molecule has 3 rings (SSSR count). The average molecular weight is 344 g/mol. The van der Waals surface area contributed by atoms with Gasteiger partial charge in [-0.3, -0.25) is 4.79 Å². The zero-order valence-corrected chi connectivity index (χ0v) is 14.5. The van der Waals surface area contributed by atoms with Crippen LogP contribution in [0.3, 0.4) is 0 Å². The van der Waals surface area contributed by atoms with E-state index in [0.29, 0.717) is 35.7 Å². The summed E-state index contributed by atoms with van der Waals surface area (Å²) in [6.45, 7) is 3.99. The topological polar surface area (TPSA) is 44.8 Å². The molecule has 0 aliphatic carbocycles. The van der Waals surface area contributed by atoms with Gasteiger partial charge in [0.15, 0.2) is 5.78 Å². The summed E-state index contributed by atoms with van der Waals surface area (Å²) in [4.78, 5) is 11.3. The minimum atomic E-state index is -0.682. The van der Waals surface area contributed by atoms with Crippen molar-refractivity contribution in [3.05, 3.63) is 59.4 Å². The molecule has 0 amide bonds. The van der Waals surface area contributed by atoms with E-state index in [4.69, 9.17) is 14.2 Å². The molecule has 1 fully saturated rings. The van der Waals surface area contributed by atoms with Crippen LogP contribution >= 0.6 is 0 Å². The molecule has 1 aliphatic heterocycles. The lowest BCUT2D eigenvalue weighted by atomic mass is 9.87. The molecular weight excluding hydrogens is 323 g/mol. The van der Waals surface area contributed by atoms with Crippen molar-refractivity contribution in [2.45, 2.75) is 32.0 Å². The van der Waals surface area contributed by atoms with Gasteiger partial charge in [0, 0.05) is 25.2 Å². The summed E-state index contributed by atoms with van der Waals surface area (Å²) in [5.41, 5.74) is 0.608. The molecule has 2 aromatic rings. The first kappa shape index (κ1) is 17.6. The van der Waals surface area contributed by atoms with E-state index in [2.05, 4.69) is 0 Å². The minimum absolute atomic E-state index is 0.0168. The van der Waals surface area contributed by atoms with Crippen molar-refractivity contribution < 1.29 is 23.4 Å². The average Bonchev–Trinajstić information content (AvgIpc) is 2.96. The molecule has 1 saturated heterocycles. The predicted molar refractivity (Wildman–Crippen MR) is 91.6 cm³/mol. The predicted octanol–water partition coefficient (Wildman–Crippen LogP) is 4.47. The van der Waals surface area contributed by atoms with Crippen molar-refractivity contribution in [1.82, 2.24) is 0 Å². The summed E-state index contributed by atoms with van der Waals surface area (Å²) in [6, 6.07) is 11.3. The van der Waals surface area contributed by atoms with Gasteiger partial charge in [0.2, 0.25) is 0 Å². The summed E-state index contributed by atoms with van der Waals surface area (Å²) in [6.07, 6.45) is 0.475. The quantitative estimate of drug-likeness (QED) is 0.751. The second-order valence-corrected chi connectivity index (χ2v) is 6.21. The summed E-state index contributed by atoms with van der Waals surface area (Å²) >= 11 is 0. The molecule has 4 nitrogen and oxygen atoms in total. The SMILES string of the molecule is COC1(c2cc(F)cc(Oc3ccc(C(C)=O)cc3)c2)CCOC1C. The first-order valence-electron chi connectivity index (χ1n) is 8.21. The molecule has 2 unspecified atom stereocenters. The van der Waals surface area contributed by atoms with Gasteiger partial charge in [0.25, 0.3) is 0 Å². The molecule has 0 bridgehead atoms. The van der Waals surface area contributed by atoms with Crippen molar-refractivity contribution in [2.24, 2.45) is 0 Å². The molecule has 25 heavy (non-hydrogen) atoms. The highest BCUT2D eigenvalue weighted by Gasteiger charge is 2.44. The molecule has 2 atom stereocenters. The zero-order valence-electron chi connectivity index (χ0n) is 14.5. The summed E-state index contributed by atoms with van der Waals surface area (Å²) in [5.74, 6) is 0.491. The fourth-order valence-corrected chi connectivity index (χ4v) is 3.25. The Bertz CT molecular complexity index is 772. The normalized spacial score (nSPS) is 22.8. The third-order valence-electron chi connectivity index (χ3n) is 4.72. The van der Waals surface area contributed by atoms with Crippen molar-refractivity contribution in [3.63, 3.8) is 0 Å². The van der Waals surface area contributed by atoms with Crippen molar-refractivity contribution in [1.29, 1.82) is 0 Å².